The van der Waals surface area contributed by atoms with Crippen molar-refractivity contribution in [2.45, 2.75) is 26.4 Å². The Bertz CT molecular complexity index is 478. The van der Waals surface area contributed by atoms with E-state index in [1.165, 1.54) is 17.0 Å². The zero-order valence-corrected chi connectivity index (χ0v) is 10.7. The number of hydrogen-bond acceptors (Lipinski definition) is 3. The van der Waals surface area contributed by atoms with Gasteiger partial charge >= 0.3 is 0 Å². The Balaban J connectivity index is 1.95. The Kier molecular flexibility index (Phi) is 3.86. The van der Waals surface area contributed by atoms with E-state index in [0.29, 0.717) is 0 Å². The van der Waals surface area contributed by atoms with Crippen LogP contribution in [0.25, 0.3) is 0 Å². The van der Waals surface area contributed by atoms with Crippen molar-refractivity contribution in [1.82, 2.24) is 10.3 Å². The highest BCUT2D eigenvalue weighted by Gasteiger charge is 2.07. The van der Waals surface area contributed by atoms with Gasteiger partial charge in [0.15, 0.2) is 0 Å². The van der Waals surface area contributed by atoms with Crippen LogP contribution in [-0.4, -0.2) is 4.98 Å². The number of aromatic nitrogens is 1. The third-order valence-electron chi connectivity index (χ3n) is 2.78. The second-order valence-electron chi connectivity index (χ2n) is 4.02. The zero-order valence-electron chi connectivity index (χ0n) is 9.90. The number of halogens is 1. The minimum absolute atomic E-state index is 0.195. The maximum absolute atomic E-state index is 12.8. The van der Waals surface area contributed by atoms with E-state index in [-0.39, 0.29) is 11.9 Å². The van der Waals surface area contributed by atoms with Gasteiger partial charge in [-0.05, 0) is 31.5 Å². The second kappa shape index (κ2) is 5.38. The Hall–Kier alpha value is -1.26. The number of nitrogens with zero attached hydrogens (tertiary/aromatic N) is 1. The van der Waals surface area contributed by atoms with Crippen LogP contribution in [0.1, 0.15) is 29.1 Å². The lowest BCUT2D eigenvalue weighted by atomic mass is 10.1. The van der Waals surface area contributed by atoms with E-state index in [1.807, 2.05) is 24.6 Å². The van der Waals surface area contributed by atoms with Gasteiger partial charge in [0, 0.05) is 17.5 Å². The van der Waals surface area contributed by atoms with Gasteiger partial charge in [0.05, 0.1) is 11.2 Å². The molecule has 2 rings (SSSR count). The van der Waals surface area contributed by atoms with Crippen molar-refractivity contribution in [2.24, 2.45) is 0 Å². The summed E-state index contributed by atoms with van der Waals surface area (Å²) in [6.07, 6.45) is 0. The first-order valence-electron chi connectivity index (χ1n) is 5.54. The van der Waals surface area contributed by atoms with Crippen LogP contribution in [0.15, 0.2) is 29.8 Å². The van der Waals surface area contributed by atoms with Crippen LogP contribution in [0.5, 0.6) is 0 Å². The van der Waals surface area contributed by atoms with Crippen molar-refractivity contribution in [1.29, 1.82) is 0 Å². The molecular weight excluding hydrogens is 235 g/mol. The molecule has 0 saturated carbocycles. The number of nitrogens with one attached hydrogen (secondary N) is 1. The molecule has 1 heterocycles. The standard InChI is InChI=1S/C13H15FN2S/c1-9(11-3-5-12(14)6-4-11)15-7-13-10(2)16-8-17-13/h3-6,8-9,15H,7H2,1-2H3/t9-/m0/s1. The second-order valence-corrected chi connectivity index (χ2v) is 4.95. The van der Waals surface area contributed by atoms with Gasteiger partial charge in [-0.2, -0.15) is 0 Å². The van der Waals surface area contributed by atoms with Crippen LogP contribution in [0.2, 0.25) is 0 Å². The van der Waals surface area contributed by atoms with Gasteiger partial charge in [0.2, 0.25) is 0 Å². The first-order chi connectivity index (χ1) is 8.16. The van der Waals surface area contributed by atoms with E-state index in [2.05, 4.69) is 17.2 Å². The predicted octanol–water partition coefficient (Wildman–Crippen LogP) is 3.44. The monoisotopic (exact) mass is 250 g/mol. The highest BCUT2D eigenvalue weighted by Crippen LogP contribution is 2.16. The smallest absolute Gasteiger partial charge is 0.123 e. The fourth-order valence-corrected chi connectivity index (χ4v) is 2.34. The van der Waals surface area contributed by atoms with Gasteiger partial charge in [0.1, 0.15) is 5.82 Å². The minimum Gasteiger partial charge on any atom is -0.305 e. The SMILES string of the molecule is Cc1ncsc1CN[C@@H](C)c1ccc(F)cc1. The number of thiazole rings is 1. The van der Waals surface area contributed by atoms with Crippen LogP contribution in [-0.2, 0) is 6.54 Å². The summed E-state index contributed by atoms with van der Waals surface area (Å²) in [5.74, 6) is -0.195. The van der Waals surface area contributed by atoms with Crippen LogP contribution in [0, 0.1) is 12.7 Å². The summed E-state index contributed by atoms with van der Waals surface area (Å²) in [6.45, 7) is 4.88. The molecule has 0 spiro atoms. The topological polar surface area (TPSA) is 24.9 Å². The number of aryl methyl sites for hydroxylation is 1. The minimum atomic E-state index is -0.195. The lowest BCUT2D eigenvalue weighted by Crippen LogP contribution is -2.17. The summed E-state index contributed by atoms with van der Waals surface area (Å²) >= 11 is 1.66. The molecular formula is C13H15FN2S. The average Bonchev–Trinajstić information content (AvgIpc) is 2.73. The van der Waals surface area contributed by atoms with E-state index in [4.69, 9.17) is 0 Å². The van der Waals surface area contributed by atoms with Crippen molar-refractivity contribution >= 4 is 11.3 Å². The summed E-state index contributed by atoms with van der Waals surface area (Å²) in [4.78, 5) is 5.46. The van der Waals surface area contributed by atoms with Crippen LogP contribution < -0.4 is 5.32 Å². The Morgan fingerprint density at radius 3 is 2.65 bits per heavy atom. The fraction of sp³-hybridized carbons (Fsp3) is 0.308. The molecule has 1 N–H and O–H groups in total. The van der Waals surface area contributed by atoms with Gasteiger partial charge in [-0.15, -0.1) is 11.3 Å². The molecule has 0 aliphatic rings. The highest BCUT2D eigenvalue weighted by atomic mass is 32.1. The van der Waals surface area contributed by atoms with Gasteiger partial charge in [-0.25, -0.2) is 9.37 Å². The van der Waals surface area contributed by atoms with Gasteiger partial charge in [0.25, 0.3) is 0 Å². The van der Waals surface area contributed by atoms with Crippen molar-refractivity contribution in [3.05, 3.63) is 51.7 Å². The normalized spacial score (nSPS) is 12.6. The number of rotatable bonds is 4. The third-order valence-corrected chi connectivity index (χ3v) is 3.72. The summed E-state index contributed by atoms with van der Waals surface area (Å²) in [7, 11) is 0. The van der Waals surface area contributed by atoms with E-state index in [1.54, 1.807) is 11.3 Å². The molecule has 17 heavy (non-hydrogen) atoms. The van der Waals surface area contributed by atoms with Gasteiger partial charge in [-0.3, -0.25) is 0 Å². The zero-order chi connectivity index (χ0) is 12.3. The van der Waals surface area contributed by atoms with Crippen LogP contribution >= 0.6 is 11.3 Å². The molecule has 1 aromatic heterocycles. The Labute approximate surface area is 105 Å². The molecule has 0 amide bonds. The molecule has 0 saturated heterocycles. The van der Waals surface area contributed by atoms with Crippen molar-refractivity contribution in [3.63, 3.8) is 0 Å². The quantitative estimate of drug-likeness (QED) is 0.899. The predicted molar refractivity (Wildman–Crippen MR) is 68.5 cm³/mol. The lowest BCUT2D eigenvalue weighted by molar-refractivity contribution is 0.573. The largest absolute Gasteiger partial charge is 0.305 e. The molecule has 0 radical (unpaired) electrons. The fourth-order valence-electron chi connectivity index (χ4n) is 1.61. The Morgan fingerprint density at radius 1 is 1.35 bits per heavy atom. The van der Waals surface area contributed by atoms with E-state index >= 15 is 0 Å². The molecule has 0 aliphatic carbocycles. The maximum atomic E-state index is 12.8. The summed E-state index contributed by atoms with van der Waals surface area (Å²) in [5.41, 5.74) is 4.02. The van der Waals surface area contributed by atoms with Gasteiger partial charge in [-0.1, -0.05) is 12.1 Å². The highest BCUT2D eigenvalue weighted by molar-refractivity contribution is 7.09. The van der Waals surface area contributed by atoms with E-state index in [9.17, 15) is 4.39 Å². The average molecular weight is 250 g/mol. The Morgan fingerprint density at radius 2 is 2.06 bits per heavy atom. The van der Waals surface area contributed by atoms with Crippen molar-refractivity contribution < 1.29 is 4.39 Å². The lowest BCUT2D eigenvalue weighted by Gasteiger charge is -2.13. The van der Waals surface area contributed by atoms with E-state index in [0.717, 1.165) is 17.8 Å². The third kappa shape index (κ3) is 3.11. The molecule has 0 bridgehead atoms. The van der Waals surface area contributed by atoms with Crippen molar-refractivity contribution in [2.75, 3.05) is 0 Å². The summed E-state index contributed by atoms with van der Waals surface area (Å²) < 4.78 is 12.8. The first-order valence-corrected chi connectivity index (χ1v) is 6.42. The summed E-state index contributed by atoms with van der Waals surface area (Å²) in [6, 6.07) is 6.81. The summed E-state index contributed by atoms with van der Waals surface area (Å²) in [5, 5.41) is 3.41. The number of benzene rings is 1. The number of hydrogen-bond donors (Lipinski definition) is 1. The molecule has 4 heteroatoms. The molecule has 0 aliphatic heterocycles. The molecule has 0 fully saturated rings. The van der Waals surface area contributed by atoms with Crippen molar-refractivity contribution in [3.8, 4) is 0 Å². The molecule has 2 aromatic rings. The molecule has 0 unspecified atom stereocenters. The van der Waals surface area contributed by atoms with Crippen LogP contribution in [0.4, 0.5) is 4.39 Å². The first kappa shape index (κ1) is 12.2. The van der Waals surface area contributed by atoms with Crippen LogP contribution in [0.3, 0.4) is 0 Å². The van der Waals surface area contributed by atoms with Gasteiger partial charge < -0.3 is 5.32 Å². The molecule has 1 atom stereocenters. The molecule has 2 nitrogen and oxygen atoms in total. The molecule has 90 valence electrons. The van der Waals surface area contributed by atoms with E-state index < -0.39 is 0 Å². The molecule has 1 aromatic carbocycles. The maximum Gasteiger partial charge on any atom is 0.123 e.